The molecule has 4 rings (SSSR count). The van der Waals surface area contributed by atoms with E-state index in [4.69, 9.17) is 4.98 Å². The minimum Gasteiger partial charge on any atom is -0.480 e. The number of aliphatic carboxylic acids is 1. The summed E-state index contributed by atoms with van der Waals surface area (Å²) in [7, 11) is 0. The van der Waals surface area contributed by atoms with Crippen LogP contribution in [0.1, 0.15) is 61.4 Å². The number of carbonyl (C=O) groups excluding carboxylic acids is 1. The summed E-state index contributed by atoms with van der Waals surface area (Å²) in [6.07, 6.45) is 6.00. The Balaban J connectivity index is 1.23. The van der Waals surface area contributed by atoms with Crippen molar-refractivity contribution >= 4 is 17.7 Å². The van der Waals surface area contributed by atoms with Crippen LogP contribution in [0.25, 0.3) is 0 Å². The molecule has 0 bridgehead atoms. The average Bonchev–Trinajstić information content (AvgIpc) is 3.72. The summed E-state index contributed by atoms with van der Waals surface area (Å²) in [6.45, 7) is 2.39. The number of aromatic nitrogens is 1. The van der Waals surface area contributed by atoms with Crippen molar-refractivity contribution in [1.82, 2.24) is 15.2 Å². The Morgan fingerprint density at radius 2 is 1.92 bits per heavy atom. The highest BCUT2D eigenvalue weighted by Gasteiger charge is 2.31. The lowest BCUT2D eigenvalue weighted by Crippen LogP contribution is -2.45. The third-order valence-corrected chi connectivity index (χ3v) is 6.90. The molecule has 2 aromatic rings. The highest BCUT2D eigenvalue weighted by Crippen LogP contribution is 2.28. The number of amides is 1. The number of carbonyl (C=O) groups is 2. The molecule has 1 saturated carbocycles. The van der Waals surface area contributed by atoms with Gasteiger partial charge in [0.05, 0.1) is 0 Å². The number of benzene rings is 1. The molecule has 0 saturated heterocycles. The van der Waals surface area contributed by atoms with Gasteiger partial charge in [-0.15, -0.1) is 0 Å². The Labute approximate surface area is 210 Å². The van der Waals surface area contributed by atoms with Crippen LogP contribution in [0.4, 0.5) is 10.2 Å². The van der Waals surface area contributed by atoms with Gasteiger partial charge in [0.1, 0.15) is 17.7 Å². The SMILES string of the molecule is O=C(O)C(CCN(CCCCc1ccc2c(n1)NCCC2)C1CC1)NC(=O)C(O)c1ccc(F)cc1. The Kier molecular flexibility index (Phi) is 8.88. The van der Waals surface area contributed by atoms with Gasteiger partial charge in [0.2, 0.25) is 0 Å². The van der Waals surface area contributed by atoms with Crippen LogP contribution in [0, 0.1) is 5.82 Å². The van der Waals surface area contributed by atoms with Gasteiger partial charge in [-0.2, -0.15) is 0 Å². The summed E-state index contributed by atoms with van der Waals surface area (Å²) >= 11 is 0. The molecule has 4 N–H and O–H groups in total. The van der Waals surface area contributed by atoms with Gasteiger partial charge in [-0.1, -0.05) is 18.2 Å². The average molecular weight is 499 g/mol. The zero-order valence-electron chi connectivity index (χ0n) is 20.5. The molecule has 1 aliphatic carbocycles. The van der Waals surface area contributed by atoms with Gasteiger partial charge in [0.15, 0.2) is 6.10 Å². The third kappa shape index (κ3) is 7.24. The van der Waals surface area contributed by atoms with E-state index >= 15 is 0 Å². The van der Waals surface area contributed by atoms with Gasteiger partial charge in [-0.25, -0.2) is 14.2 Å². The maximum Gasteiger partial charge on any atom is 0.326 e. The zero-order chi connectivity index (χ0) is 25.5. The minimum atomic E-state index is -1.56. The molecule has 1 aromatic heterocycles. The number of rotatable bonds is 13. The number of aryl methyl sites for hydroxylation is 2. The Bertz CT molecular complexity index is 1040. The number of nitrogens with one attached hydrogen (secondary N) is 2. The number of anilines is 1. The number of pyridine rings is 1. The topological polar surface area (TPSA) is 115 Å². The van der Waals surface area contributed by atoms with Gasteiger partial charge in [0, 0.05) is 24.8 Å². The van der Waals surface area contributed by atoms with Crippen molar-refractivity contribution in [2.45, 2.75) is 69.6 Å². The van der Waals surface area contributed by atoms with Crippen LogP contribution in [-0.2, 0) is 22.4 Å². The molecule has 36 heavy (non-hydrogen) atoms. The molecule has 8 nitrogen and oxygen atoms in total. The van der Waals surface area contributed by atoms with Gasteiger partial charge in [-0.05, 0) is 87.2 Å². The largest absolute Gasteiger partial charge is 0.480 e. The van der Waals surface area contributed by atoms with Crippen LogP contribution in [0.3, 0.4) is 0 Å². The number of carboxylic acids is 1. The second-order valence-corrected chi connectivity index (χ2v) is 9.71. The number of fused-ring (bicyclic) bond motifs is 1. The van der Waals surface area contributed by atoms with Gasteiger partial charge >= 0.3 is 5.97 Å². The molecule has 0 spiro atoms. The predicted molar refractivity (Wildman–Crippen MR) is 134 cm³/mol. The van der Waals surface area contributed by atoms with E-state index in [0.717, 1.165) is 81.7 Å². The fourth-order valence-corrected chi connectivity index (χ4v) is 4.65. The normalized spacial score (nSPS) is 16.6. The monoisotopic (exact) mass is 498 g/mol. The number of hydrogen-bond donors (Lipinski definition) is 4. The summed E-state index contributed by atoms with van der Waals surface area (Å²) < 4.78 is 13.1. The Morgan fingerprint density at radius 1 is 1.14 bits per heavy atom. The predicted octanol–water partition coefficient (Wildman–Crippen LogP) is 3.06. The molecule has 194 valence electrons. The van der Waals surface area contributed by atoms with Gasteiger partial charge < -0.3 is 25.7 Å². The molecule has 2 aliphatic rings. The molecule has 1 amide bonds. The van der Waals surface area contributed by atoms with Crippen LogP contribution in [0.2, 0.25) is 0 Å². The van der Waals surface area contributed by atoms with Crippen molar-refractivity contribution in [2.75, 3.05) is 25.0 Å². The van der Waals surface area contributed by atoms with Crippen molar-refractivity contribution in [3.05, 3.63) is 59.0 Å². The quantitative estimate of drug-likeness (QED) is 0.314. The molecule has 2 heterocycles. The smallest absolute Gasteiger partial charge is 0.326 e. The van der Waals surface area contributed by atoms with Crippen molar-refractivity contribution in [3.63, 3.8) is 0 Å². The Morgan fingerprint density at radius 3 is 2.64 bits per heavy atom. The number of nitrogens with zero attached hydrogens (tertiary/aromatic N) is 2. The van der Waals surface area contributed by atoms with E-state index in [1.54, 1.807) is 0 Å². The highest BCUT2D eigenvalue weighted by atomic mass is 19.1. The van der Waals surface area contributed by atoms with Crippen LogP contribution >= 0.6 is 0 Å². The van der Waals surface area contributed by atoms with E-state index in [-0.39, 0.29) is 12.0 Å². The van der Waals surface area contributed by atoms with Crippen LogP contribution < -0.4 is 10.6 Å². The van der Waals surface area contributed by atoms with E-state index < -0.39 is 29.8 Å². The lowest BCUT2D eigenvalue weighted by atomic mass is 10.1. The van der Waals surface area contributed by atoms with Crippen LogP contribution in [-0.4, -0.2) is 63.7 Å². The van der Waals surface area contributed by atoms with E-state index in [1.807, 2.05) is 0 Å². The molecule has 2 atom stereocenters. The van der Waals surface area contributed by atoms with E-state index in [1.165, 1.54) is 17.7 Å². The van der Waals surface area contributed by atoms with Crippen molar-refractivity contribution in [1.29, 1.82) is 0 Å². The zero-order valence-corrected chi connectivity index (χ0v) is 20.5. The first-order valence-electron chi connectivity index (χ1n) is 12.8. The van der Waals surface area contributed by atoms with E-state index in [2.05, 4.69) is 27.7 Å². The number of carboxylic acid groups (broad SMARTS) is 1. The van der Waals surface area contributed by atoms with E-state index in [0.29, 0.717) is 12.6 Å². The Hall–Kier alpha value is -3.04. The fourth-order valence-electron chi connectivity index (χ4n) is 4.65. The molecule has 1 aromatic carbocycles. The lowest BCUT2D eigenvalue weighted by molar-refractivity contribution is -0.143. The van der Waals surface area contributed by atoms with Crippen LogP contribution in [0.15, 0.2) is 36.4 Å². The second kappa shape index (κ2) is 12.3. The summed E-state index contributed by atoms with van der Waals surface area (Å²) in [5.41, 5.74) is 2.59. The lowest BCUT2D eigenvalue weighted by Gasteiger charge is -2.24. The summed E-state index contributed by atoms with van der Waals surface area (Å²) in [5.74, 6) is -1.41. The second-order valence-electron chi connectivity index (χ2n) is 9.71. The first-order chi connectivity index (χ1) is 17.4. The number of unbranched alkanes of at least 4 members (excludes halogenated alkanes) is 1. The van der Waals surface area contributed by atoms with Crippen molar-refractivity contribution < 1.29 is 24.2 Å². The molecular weight excluding hydrogens is 463 g/mol. The molecule has 0 radical (unpaired) electrons. The number of halogens is 1. The minimum absolute atomic E-state index is 0.210. The molecule has 9 heteroatoms. The van der Waals surface area contributed by atoms with Gasteiger partial charge in [-0.3, -0.25) is 4.79 Å². The highest BCUT2D eigenvalue weighted by molar-refractivity contribution is 5.86. The summed E-state index contributed by atoms with van der Waals surface area (Å²) in [4.78, 5) is 31.3. The summed E-state index contributed by atoms with van der Waals surface area (Å²) in [5, 5.41) is 25.7. The fraction of sp³-hybridized carbons (Fsp3) is 0.519. The number of aliphatic hydroxyl groups excluding tert-OH is 1. The van der Waals surface area contributed by atoms with Crippen molar-refractivity contribution in [2.24, 2.45) is 0 Å². The molecule has 1 aliphatic heterocycles. The standard InChI is InChI=1S/C27H35FN4O4/c28-20-9-6-18(7-10-20)24(33)26(34)31-23(27(35)36)14-17-32(22-12-13-22)16-2-1-5-21-11-8-19-4-3-15-29-25(19)30-21/h6-11,22-24,33H,1-5,12-17H2,(H,29,30)(H,31,34)(H,35,36). The number of hydrogen-bond acceptors (Lipinski definition) is 6. The van der Waals surface area contributed by atoms with E-state index in [9.17, 15) is 24.2 Å². The third-order valence-electron chi connectivity index (χ3n) is 6.90. The number of aliphatic hydroxyl groups is 1. The maximum absolute atomic E-state index is 13.1. The molecule has 2 unspecified atom stereocenters. The van der Waals surface area contributed by atoms with Crippen molar-refractivity contribution in [3.8, 4) is 0 Å². The first-order valence-corrected chi connectivity index (χ1v) is 12.8. The van der Waals surface area contributed by atoms with Crippen LogP contribution in [0.5, 0.6) is 0 Å². The molecular formula is C27H35FN4O4. The maximum atomic E-state index is 13.1. The van der Waals surface area contributed by atoms with Gasteiger partial charge in [0.25, 0.3) is 5.91 Å². The molecule has 1 fully saturated rings. The summed E-state index contributed by atoms with van der Waals surface area (Å²) in [6, 6.07) is 8.55. The first kappa shape index (κ1) is 26.0.